The van der Waals surface area contributed by atoms with Crippen LogP contribution >= 0.6 is 0 Å². The van der Waals surface area contributed by atoms with Crippen LogP contribution in [0.15, 0.2) is 35.7 Å². The quantitative estimate of drug-likeness (QED) is 0.254. The van der Waals surface area contributed by atoms with Gasteiger partial charge in [-0.15, -0.1) is 0 Å². The molecule has 2 aromatic heterocycles. The SMILES string of the molecule is CCOC(=O)c1cnn2ccc(NC(C)c3ccc(F)c4c3OC(C)(CN=[N+]=[N-])C4)nc12. The fourth-order valence-corrected chi connectivity index (χ4v) is 3.78. The number of nitrogens with zero attached hydrogens (tertiary/aromatic N) is 6. The zero-order chi connectivity index (χ0) is 22.9. The van der Waals surface area contributed by atoms with E-state index in [1.807, 2.05) is 6.92 Å². The lowest BCUT2D eigenvalue weighted by Gasteiger charge is -2.23. The molecule has 10 nitrogen and oxygen atoms in total. The summed E-state index contributed by atoms with van der Waals surface area (Å²) in [6.45, 7) is 5.75. The summed E-state index contributed by atoms with van der Waals surface area (Å²) in [5.74, 6) is 0.0880. The van der Waals surface area contributed by atoms with Crippen LogP contribution in [0, 0.1) is 5.82 Å². The summed E-state index contributed by atoms with van der Waals surface area (Å²) in [5.41, 5.74) is 9.66. The van der Waals surface area contributed by atoms with E-state index in [1.54, 1.807) is 32.2 Å². The summed E-state index contributed by atoms with van der Waals surface area (Å²) < 4.78 is 27.1. The van der Waals surface area contributed by atoms with Crippen molar-refractivity contribution in [1.29, 1.82) is 0 Å². The average molecular weight is 439 g/mol. The van der Waals surface area contributed by atoms with Crippen LogP contribution in [0.4, 0.5) is 10.2 Å². The molecule has 0 radical (unpaired) electrons. The summed E-state index contributed by atoms with van der Waals surface area (Å²) in [6.07, 6.45) is 3.40. The Morgan fingerprint density at radius 3 is 3.06 bits per heavy atom. The van der Waals surface area contributed by atoms with Gasteiger partial charge in [-0.25, -0.2) is 18.7 Å². The van der Waals surface area contributed by atoms with Crippen LogP contribution in [0.3, 0.4) is 0 Å². The number of anilines is 1. The van der Waals surface area contributed by atoms with Gasteiger partial charge in [0.2, 0.25) is 0 Å². The molecule has 0 spiro atoms. The average Bonchev–Trinajstić information content (AvgIpc) is 3.34. The third kappa shape index (κ3) is 3.90. The monoisotopic (exact) mass is 439 g/mol. The number of hydrogen-bond acceptors (Lipinski definition) is 7. The lowest BCUT2D eigenvalue weighted by molar-refractivity contribution is 0.0528. The van der Waals surface area contributed by atoms with Gasteiger partial charge in [-0.3, -0.25) is 0 Å². The molecule has 11 heteroatoms. The van der Waals surface area contributed by atoms with Crippen molar-refractivity contribution < 1.29 is 18.7 Å². The number of benzene rings is 1. The molecule has 0 bridgehead atoms. The maximum atomic E-state index is 14.5. The number of halogens is 1. The van der Waals surface area contributed by atoms with E-state index >= 15 is 0 Å². The second kappa shape index (κ2) is 8.35. The van der Waals surface area contributed by atoms with E-state index in [0.717, 1.165) is 5.56 Å². The third-order valence-electron chi connectivity index (χ3n) is 5.30. The van der Waals surface area contributed by atoms with E-state index in [4.69, 9.17) is 15.0 Å². The zero-order valence-electron chi connectivity index (χ0n) is 17.9. The lowest BCUT2D eigenvalue weighted by atomic mass is 9.97. The molecule has 32 heavy (non-hydrogen) atoms. The summed E-state index contributed by atoms with van der Waals surface area (Å²) in [4.78, 5) is 19.4. The first kappa shape index (κ1) is 21.4. The minimum Gasteiger partial charge on any atom is -0.486 e. The molecule has 2 unspecified atom stereocenters. The van der Waals surface area contributed by atoms with Crippen LogP contribution < -0.4 is 10.1 Å². The largest absolute Gasteiger partial charge is 0.486 e. The standard InChI is InChI=1S/C21H22FN7O3/c1-4-31-20(30)15-10-25-29-8-7-17(27-19(15)29)26-12(2)13-5-6-16(22)14-9-21(3,11-24-28-23)32-18(13)14/h5-8,10,12H,4,9,11H2,1-3H3,(H,26,27). The van der Waals surface area contributed by atoms with E-state index in [0.29, 0.717) is 29.2 Å². The van der Waals surface area contributed by atoms with E-state index in [2.05, 4.69) is 25.4 Å². The van der Waals surface area contributed by atoms with Gasteiger partial charge in [0.1, 0.15) is 28.5 Å². The molecule has 166 valence electrons. The second-order valence-electron chi connectivity index (χ2n) is 7.79. The van der Waals surface area contributed by atoms with E-state index < -0.39 is 11.6 Å². The van der Waals surface area contributed by atoms with Gasteiger partial charge in [-0.1, -0.05) is 11.2 Å². The Kier molecular flexibility index (Phi) is 5.58. The summed E-state index contributed by atoms with van der Waals surface area (Å²) in [5, 5.41) is 11.0. The number of carbonyl (C=O) groups excluding carboxylic acids is 1. The van der Waals surface area contributed by atoms with Gasteiger partial charge in [0, 0.05) is 28.7 Å². The molecule has 0 aliphatic carbocycles. The van der Waals surface area contributed by atoms with Gasteiger partial charge in [0.05, 0.1) is 25.4 Å². The predicted octanol–water partition coefficient (Wildman–Crippen LogP) is 4.22. The van der Waals surface area contributed by atoms with Crippen molar-refractivity contribution in [3.63, 3.8) is 0 Å². The van der Waals surface area contributed by atoms with Crippen molar-refractivity contribution in [3.05, 3.63) is 63.5 Å². The van der Waals surface area contributed by atoms with Crippen LogP contribution in [-0.2, 0) is 11.2 Å². The van der Waals surface area contributed by atoms with Gasteiger partial charge in [0.25, 0.3) is 0 Å². The van der Waals surface area contributed by atoms with Crippen molar-refractivity contribution in [2.75, 3.05) is 18.5 Å². The van der Waals surface area contributed by atoms with Gasteiger partial charge in [-0.2, -0.15) is 5.10 Å². The van der Waals surface area contributed by atoms with Crippen molar-refractivity contribution >= 4 is 17.4 Å². The summed E-state index contributed by atoms with van der Waals surface area (Å²) >= 11 is 0. The number of esters is 1. The van der Waals surface area contributed by atoms with Crippen LogP contribution in [0.25, 0.3) is 16.1 Å². The molecule has 3 heterocycles. The highest BCUT2D eigenvalue weighted by molar-refractivity contribution is 5.95. The molecule has 2 atom stereocenters. The molecule has 0 saturated heterocycles. The Morgan fingerprint density at radius 2 is 2.31 bits per heavy atom. The topological polar surface area (TPSA) is 127 Å². The minimum atomic E-state index is -0.811. The number of nitrogens with one attached hydrogen (secondary N) is 1. The van der Waals surface area contributed by atoms with Crippen LogP contribution in [-0.4, -0.2) is 39.3 Å². The predicted molar refractivity (Wildman–Crippen MR) is 114 cm³/mol. The molecular weight excluding hydrogens is 417 g/mol. The fraction of sp³-hybridized carbons (Fsp3) is 0.381. The smallest absolute Gasteiger partial charge is 0.343 e. The van der Waals surface area contributed by atoms with Gasteiger partial charge in [-0.05, 0) is 38.4 Å². The van der Waals surface area contributed by atoms with Gasteiger partial charge in [0.15, 0.2) is 5.65 Å². The highest BCUT2D eigenvalue weighted by Gasteiger charge is 2.38. The van der Waals surface area contributed by atoms with Crippen molar-refractivity contribution in [1.82, 2.24) is 14.6 Å². The van der Waals surface area contributed by atoms with Crippen molar-refractivity contribution in [2.24, 2.45) is 5.11 Å². The lowest BCUT2D eigenvalue weighted by Crippen LogP contribution is -2.33. The molecule has 1 N–H and O–H groups in total. The zero-order valence-corrected chi connectivity index (χ0v) is 17.9. The van der Waals surface area contributed by atoms with Crippen molar-refractivity contribution in [2.45, 2.75) is 38.8 Å². The molecular formula is C21H22FN7O3. The number of azide groups is 1. The Bertz CT molecular complexity index is 1240. The number of ether oxygens (including phenoxy) is 2. The maximum absolute atomic E-state index is 14.5. The molecule has 1 aliphatic heterocycles. The Hall–Kier alpha value is -3.85. The first-order valence-electron chi connectivity index (χ1n) is 10.1. The number of hydrogen-bond donors (Lipinski definition) is 1. The molecule has 0 amide bonds. The number of rotatable bonds is 7. The van der Waals surface area contributed by atoms with Crippen LogP contribution in [0.5, 0.6) is 5.75 Å². The molecule has 0 saturated carbocycles. The Labute approximate surface area is 183 Å². The highest BCUT2D eigenvalue weighted by atomic mass is 19.1. The molecule has 3 aromatic rings. The van der Waals surface area contributed by atoms with E-state index in [1.165, 1.54) is 16.8 Å². The summed E-state index contributed by atoms with van der Waals surface area (Å²) in [6, 6.07) is 4.49. The fourth-order valence-electron chi connectivity index (χ4n) is 3.78. The van der Waals surface area contributed by atoms with Crippen LogP contribution in [0.1, 0.15) is 48.3 Å². The Balaban J connectivity index is 1.62. The van der Waals surface area contributed by atoms with Crippen molar-refractivity contribution in [3.8, 4) is 5.75 Å². The van der Waals surface area contributed by atoms with E-state index in [-0.39, 0.29) is 30.6 Å². The van der Waals surface area contributed by atoms with E-state index in [9.17, 15) is 9.18 Å². The number of aromatic nitrogens is 3. The molecule has 1 aromatic carbocycles. The molecule has 1 aliphatic rings. The van der Waals surface area contributed by atoms with Gasteiger partial charge >= 0.3 is 5.97 Å². The maximum Gasteiger partial charge on any atom is 0.343 e. The van der Waals surface area contributed by atoms with Crippen LogP contribution in [0.2, 0.25) is 0 Å². The number of fused-ring (bicyclic) bond motifs is 2. The normalized spacial score (nSPS) is 17.9. The summed E-state index contributed by atoms with van der Waals surface area (Å²) in [7, 11) is 0. The number of carbonyl (C=O) groups is 1. The first-order valence-corrected chi connectivity index (χ1v) is 10.1. The first-order chi connectivity index (χ1) is 15.3. The minimum absolute atomic E-state index is 0.0922. The van der Waals surface area contributed by atoms with Gasteiger partial charge < -0.3 is 14.8 Å². The highest BCUT2D eigenvalue weighted by Crippen LogP contribution is 2.42. The third-order valence-corrected chi connectivity index (χ3v) is 5.30. The second-order valence-corrected chi connectivity index (χ2v) is 7.79. The molecule has 0 fully saturated rings. The Morgan fingerprint density at radius 1 is 1.50 bits per heavy atom. The molecule has 4 rings (SSSR count).